The maximum Gasteiger partial charge on any atom is 0.253 e. The first-order valence-corrected chi connectivity index (χ1v) is 9.96. The number of carbonyl (C=O) groups excluding carboxylic acids is 2. The van der Waals surface area contributed by atoms with Crippen LogP contribution in [0.15, 0.2) is 48.5 Å². The Labute approximate surface area is 171 Å². The highest BCUT2D eigenvalue weighted by Gasteiger charge is 2.27. The van der Waals surface area contributed by atoms with Crippen molar-refractivity contribution in [2.75, 3.05) is 31.2 Å². The Morgan fingerprint density at radius 3 is 2.72 bits per heavy atom. The van der Waals surface area contributed by atoms with Gasteiger partial charge in [0.2, 0.25) is 5.91 Å². The number of para-hydroxylation sites is 1. The molecule has 1 unspecified atom stereocenters. The molecular formula is C23H28N2O4. The zero-order chi connectivity index (χ0) is 20.6. The molecule has 1 heterocycles. The molecule has 0 radical (unpaired) electrons. The van der Waals surface area contributed by atoms with E-state index in [1.165, 1.54) is 5.56 Å². The van der Waals surface area contributed by atoms with Crippen molar-refractivity contribution in [1.29, 1.82) is 0 Å². The number of benzene rings is 2. The molecule has 3 rings (SSSR count). The van der Waals surface area contributed by atoms with Crippen LogP contribution < -0.4 is 15.0 Å². The highest BCUT2D eigenvalue weighted by molar-refractivity contribution is 5.95. The summed E-state index contributed by atoms with van der Waals surface area (Å²) in [5.74, 6) is 0.702. The van der Waals surface area contributed by atoms with Crippen molar-refractivity contribution >= 4 is 17.5 Å². The molecule has 29 heavy (non-hydrogen) atoms. The second kappa shape index (κ2) is 10.1. The summed E-state index contributed by atoms with van der Waals surface area (Å²) < 4.78 is 11.2. The maximum atomic E-state index is 12.3. The summed E-state index contributed by atoms with van der Waals surface area (Å²) >= 11 is 0. The normalized spacial score (nSPS) is 16.6. The lowest BCUT2D eigenvalue weighted by Crippen LogP contribution is -2.50. The van der Waals surface area contributed by atoms with E-state index in [-0.39, 0.29) is 24.5 Å². The fourth-order valence-electron chi connectivity index (χ4n) is 3.15. The molecule has 1 aliphatic heterocycles. The largest absolute Gasteiger partial charge is 0.494 e. The van der Waals surface area contributed by atoms with Crippen molar-refractivity contribution in [1.82, 2.24) is 5.32 Å². The minimum atomic E-state index is -0.223. The fourth-order valence-corrected chi connectivity index (χ4v) is 3.15. The van der Waals surface area contributed by atoms with E-state index in [0.717, 1.165) is 17.0 Å². The van der Waals surface area contributed by atoms with Gasteiger partial charge in [-0.1, -0.05) is 24.3 Å². The van der Waals surface area contributed by atoms with Gasteiger partial charge in [0, 0.05) is 18.7 Å². The number of hydrogen-bond donors (Lipinski definition) is 1. The first kappa shape index (κ1) is 20.9. The molecule has 1 aliphatic rings. The minimum absolute atomic E-state index is 0.0262. The summed E-state index contributed by atoms with van der Waals surface area (Å²) in [6.45, 7) is 5.41. The summed E-state index contributed by atoms with van der Waals surface area (Å²) in [4.78, 5) is 26.1. The Morgan fingerprint density at radius 1 is 1.17 bits per heavy atom. The number of anilines is 1. The Balaban J connectivity index is 1.41. The molecule has 0 aromatic heterocycles. The smallest absolute Gasteiger partial charge is 0.253 e. The van der Waals surface area contributed by atoms with Crippen molar-refractivity contribution < 1.29 is 19.1 Å². The van der Waals surface area contributed by atoms with Gasteiger partial charge in [-0.15, -0.1) is 0 Å². The van der Waals surface area contributed by atoms with Crippen LogP contribution in [0, 0.1) is 13.8 Å². The van der Waals surface area contributed by atoms with Gasteiger partial charge in [-0.25, -0.2) is 0 Å². The Bertz CT molecular complexity index is 838. The lowest BCUT2D eigenvalue weighted by atomic mass is 10.1. The van der Waals surface area contributed by atoms with E-state index in [2.05, 4.69) is 5.32 Å². The number of amides is 2. The summed E-state index contributed by atoms with van der Waals surface area (Å²) in [6.07, 6.45) is 0.803. The van der Waals surface area contributed by atoms with Crippen molar-refractivity contribution in [2.45, 2.75) is 32.8 Å². The second-order valence-corrected chi connectivity index (χ2v) is 7.28. The summed E-state index contributed by atoms with van der Waals surface area (Å²) in [5.41, 5.74) is 3.20. The molecule has 1 saturated heterocycles. The van der Waals surface area contributed by atoms with Gasteiger partial charge < -0.3 is 19.7 Å². The van der Waals surface area contributed by atoms with Gasteiger partial charge in [0.1, 0.15) is 12.4 Å². The van der Waals surface area contributed by atoms with Crippen molar-refractivity contribution in [3.05, 3.63) is 59.7 Å². The average Bonchev–Trinajstić information content (AvgIpc) is 2.73. The van der Waals surface area contributed by atoms with Crippen LogP contribution in [-0.2, 0) is 14.3 Å². The molecule has 1 N–H and O–H groups in total. The molecule has 2 aromatic carbocycles. The van der Waals surface area contributed by atoms with Gasteiger partial charge in [0.25, 0.3) is 5.91 Å². The number of nitrogens with one attached hydrogen (secondary N) is 1. The number of rotatable bonds is 8. The van der Waals surface area contributed by atoms with Crippen LogP contribution in [0.3, 0.4) is 0 Å². The number of ether oxygens (including phenoxy) is 2. The fraction of sp³-hybridized carbons (Fsp3) is 0.391. The van der Waals surface area contributed by atoms with Crippen LogP contribution in [0.4, 0.5) is 5.69 Å². The van der Waals surface area contributed by atoms with Gasteiger partial charge in [0.05, 0.1) is 19.3 Å². The molecule has 0 aliphatic carbocycles. The molecule has 1 atom stereocenters. The monoisotopic (exact) mass is 396 g/mol. The molecule has 1 fully saturated rings. The quantitative estimate of drug-likeness (QED) is 0.697. The van der Waals surface area contributed by atoms with Crippen LogP contribution in [0.5, 0.6) is 5.75 Å². The third kappa shape index (κ3) is 6.06. The van der Waals surface area contributed by atoms with E-state index in [1.807, 2.05) is 62.4 Å². The van der Waals surface area contributed by atoms with Crippen molar-refractivity contribution in [3.8, 4) is 5.75 Å². The first-order valence-electron chi connectivity index (χ1n) is 9.96. The molecular weight excluding hydrogens is 368 g/mol. The van der Waals surface area contributed by atoms with E-state index in [1.54, 1.807) is 4.90 Å². The standard InChI is InChI=1S/C23H28N2O4/c1-17-10-11-19(13-18(17)2)25-15-21(29-16-23(25)27)14-24-22(26)9-6-12-28-20-7-4-3-5-8-20/h3-5,7-8,10-11,13,21H,6,9,12,14-16H2,1-2H3,(H,24,26). The predicted octanol–water partition coefficient (Wildman–Crippen LogP) is 3.01. The lowest BCUT2D eigenvalue weighted by molar-refractivity contribution is -0.129. The van der Waals surface area contributed by atoms with Gasteiger partial charge in [0.15, 0.2) is 0 Å². The molecule has 0 bridgehead atoms. The summed E-state index contributed by atoms with van der Waals surface area (Å²) in [7, 11) is 0. The Morgan fingerprint density at radius 2 is 1.97 bits per heavy atom. The zero-order valence-electron chi connectivity index (χ0n) is 17.0. The first-order chi connectivity index (χ1) is 14.0. The van der Waals surface area contributed by atoms with Crippen LogP contribution >= 0.6 is 0 Å². The van der Waals surface area contributed by atoms with Crippen LogP contribution in [0.2, 0.25) is 0 Å². The highest BCUT2D eigenvalue weighted by Crippen LogP contribution is 2.21. The molecule has 0 saturated carbocycles. The van der Waals surface area contributed by atoms with E-state index >= 15 is 0 Å². The van der Waals surface area contributed by atoms with Gasteiger partial charge in [-0.3, -0.25) is 9.59 Å². The third-order valence-electron chi connectivity index (χ3n) is 5.02. The molecule has 2 aromatic rings. The molecule has 154 valence electrons. The number of carbonyl (C=O) groups is 2. The minimum Gasteiger partial charge on any atom is -0.494 e. The SMILES string of the molecule is Cc1ccc(N2CC(CNC(=O)CCCOc3ccccc3)OCC2=O)cc1C. The van der Waals surface area contributed by atoms with E-state index in [0.29, 0.717) is 32.5 Å². The van der Waals surface area contributed by atoms with E-state index in [9.17, 15) is 9.59 Å². The number of morpholine rings is 1. The topological polar surface area (TPSA) is 67.9 Å². The van der Waals surface area contributed by atoms with Crippen molar-refractivity contribution in [2.24, 2.45) is 0 Å². The molecule has 6 nitrogen and oxygen atoms in total. The van der Waals surface area contributed by atoms with Crippen molar-refractivity contribution in [3.63, 3.8) is 0 Å². The Hall–Kier alpha value is -2.86. The summed E-state index contributed by atoms with van der Waals surface area (Å²) in [6, 6.07) is 15.5. The van der Waals surface area contributed by atoms with Crippen LogP contribution in [-0.4, -0.2) is 44.2 Å². The number of nitrogens with zero attached hydrogens (tertiary/aromatic N) is 1. The lowest BCUT2D eigenvalue weighted by Gasteiger charge is -2.33. The van der Waals surface area contributed by atoms with E-state index < -0.39 is 0 Å². The van der Waals surface area contributed by atoms with Gasteiger partial charge in [-0.05, 0) is 55.7 Å². The van der Waals surface area contributed by atoms with Gasteiger partial charge in [-0.2, -0.15) is 0 Å². The third-order valence-corrected chi connectivity index (χ3v) is 5.02. The predicted molar refractivity (Wildman–Crippen MR) is 112 cm³/mol. The maximum absolute atomic E-state index is 12.3. The van der Waals surface area contributed by atoms with Crippen LogP contribution in [0.25, 0.3) is 0 Å². The molecule has 2 amide bonds. The zero-order valence-corrected chi connectivity index (χ0v) is 17.0. The average molecular weight is 396 g/mol. The second-order valence-electron chi connectivity index (χ2n) is 7.28. The summed E-state index contributed by atoms with van der Waals surface area (Å²) in [5, 5.41) is 2.90. The van der Waals surface area contributed by atoms with Crippen LogP contribution in [0.1, 0.15) is 24.0 Å². The van der Waals surface area contributed by atoms with E-state index in [4.69, 9.17) is 9.47 Å². The Kier molecular flexibility index (Phi) is 7.25. The number of aryl methyl sites for hydroxylation is 2. The molecule has 6 heteroatoms. The number of hydrogen-bond acceptors (Lipinski definition) is 4. The highest BCUT2D eigenvalue weighted by atomic mass is 16.5. The molecule has 0 spiro atoms. The van der Waals surface area contributed by atoms with Gasteiger partial charge >= 0.3 is 0 Å².